The summed E-state index contributed by atoms with van der Waals surface area (Å²) >= 11 is 1.71. The van der Waals surface area contributed by atoms with E-state index in [9.17, 15) is 0 Å². The monoisotopic (exact) mass is 270 g/mol. The summed E-state index contributed by atoms with van der Waals surface area (Å²) in [4.78, 5) is 4.68. The second-order valence-corrected chi connectivity index (χ2v) is 7.45. The van der Waals surface area contributed by atoms with Crippen LogP contribution in [0.15, 0.2) is 5.38 Å². The first-order valence-electron chi connectivity index (χ1n) is 6.40. The molecule has 18 heavy (non-hydrogen) atoms. The van der Waals surface area contributed by atoms with Gasteiger partial charge in [0, 0.05) is 30.4 Å². The van der Waals surface area contributed by atoms with Gasteiger partial charge in [-0.05, 0) is 20.3 Å². The number of aromatic nitrogens is 1. The maximum atomic E-state index is 6.17. The van der Waals surface area contributed by atoms with Crippen LogP contribution >= 0.6 is 11.3 Å². The van der Waals surface area contributed by atoms with Gasteiger partial charge in [0.05, 0.1) is 16.3 Å². The fraction of sp³-hybridized carbons (Fsp3) is 0.786. The Balaban J connectivity index is 2.60. The van der Waals surface area contributed by atoms with Gasteiger partial charge in [0.2, 0.25) is 0 Å². The molecule has 0 radical (unpaired) electrons. The highest BCUT2D eigenvalue weighted by Crippen LogP contribution is 2.25. The normalized spacial score (nSPS) is 14.8. The first-order chi connectivity index (χ1) is 8.14. The van der Waals surface area contributed by atoms with Crippen molar-refractivity contribution in [2.75, 3.05) is 7.11 Å². The van der Waals surface area contributed by atoms with Gasteiger partial charge in [-0.2, -0.15) is 0 Å². The third-order valence-electron chi connectivity index (χ3n) is 3.06. The van der Waals surface area contributed by atoms with Crippen LogP contribution in [-0.4, -0.2) is 23.7 Å². The molecule has 0 fully saturated rings. The van der Waals surface area contributed by atoms with Crippen LogP contribution in [0.4, 0.5) is 0 Å². The minimum atomic E-state index is -0.163. The topological polar surface area (TPSA) is 48.1 Å². The molecule has 1 unspecified atom stereocenters. The smallest absolute Gasteiger partial charge is 0.0943 e. The van der Waals surface area contributed by atoms with Crippen LogP contribution in [0.1, 0.15) is 51.7 Å². The SMILES string of the molecule is COC(C)(C)CC(N)Cc1nc(C(C)(C)C)cs1. The van der Waals surface area contributed by atoms with Gasteiger partial charge in [-0.15, -0.1) is 11.3 Å². The summed E-state index contributed by atoms with van der Waals surface area (Å²) in [5.74, 6) is 0. The molecular formula is C14H26N2OS. The van der Waals surface area contributed by atoms with Gasteiger partial charge < -0.3 is 10.5 Å². The molecule has 1 rings (SSSR count). The summed E-state index contributed by atoms with van der Waals surface area (Å²) in [7, 11) is 1.73. The number of thiazole rings is 1. The molecule has 0 aliphatic carbocycles. The molecule has 1 aromatic heterocycles. The highest BCUT2D eigenvalue weighted by Gasteiger charge is 2.22. The van der Waals surface area contributed by atoms with Gasteiger partial charge in [-0.3, -0.25) is 0 Å². The van der Waals surface area contributed by atoms with Gasteiger partial charge in [0.1, 0.15) is 0 Å². The first kappa shape index (κ1) is 15.6. The lowest BCUT2D eigenvalue weighted by Crippen LogP contribution is -2.35. The average Bonchev–Trinajstić information content (AvgIpc) is 2.64. The Labute approximate surface area is 115 Å². The fourth-order valence-electron chi connectivity index (χ4n) is 1.76. The van der Waals surface area contributed by atoms with Crippen molar-refractivity contribution in [1.29, 1.82) is 0 Å². The van der Waals surface area contributed by atoms with Crippen LogP contribution < -0.4 is 5.73 Å². The summed E-state index contributed by atoms with van der Waals surface area (Å²) in [6.07, 6.45) is 1.67. The third-order valence-corrected chi connectivity index (χ3v) is 3.93. The van der Waals surface area contributed by atoms with E-state index in [4.69, 9.17) is 10.5 Å². The molecule has 104 valence electrons. The summed E-state index contributed by atoms with van der Waals surface area (Å²) in [5, 5.41) is 3.27. The van der Waals surface area contributed by atoms with Crippen molar-refractivity contribution in [2.24, 2.45) is 5.73 Å². The lowest BCUT2D eigenvalue weighted by molar-refractivity contribution is 0.0102. The molecular weight excluding hydrogens is 244 g/mol. The molecule has 0 spiro atoms. The first-order valence-corrected chi connectivity index (χ1v) is 7.27. The molecule has 0 aromatic carbocycles. The highest BCUT2D eigenvalue weighted by atomic mass is 32.1. The quantitative estimate of drug-likeness (QED) is 0.894. The van der Waals surface area contributed by atoms with E-state index >= 15 is 0 Å². The molecule has 4 heteroatoms. The van der Waals surface area contributed by atoms with Gasteiger partial charge in [0.15, 0.2) is 0 Å². The van der Waals surface area contributed by atoms with Crippen LogP contribution in [-0.2, 0) is 16.6 Å². The summed E-state index contributed by atoms with van der Waals surface area (Å²) < 4.78 is 5.41. The molecule has 3 nitrogen and oxygen atoms in total. The van der Waals surface area contributed by atoms with Gasteiger partial charge in [0.25, 0.3) is 0 Å². The van der Waals surface area contributed by atoms with Gasteiger partial charge >= 0.3 is 0 Å². The van der Waals surface area contributed by atoms with Crippen LogP contribution in [0.5, 0.6) is 0 Å². The van der Waals surface area contributed by atoms with Gasteiger partial charge in [-0.1, -0.05) is 20.8 Å². The van der Waals surface area contributed by atoms with Crippen molar-refractivity contribution in [3.05, 3.63) is 16.1 Å². The Morgan fingerprint density at radius 1 is 1.33 bits per heavy atom. The van der Waals surface area contributed by atoms with Crippen LogP contribution in [0.25, 0.3) is 0 Å². The Morgan fingerprint density at radius 2 is 1.94 bits per heavy atom. The summed E-state index contributed by atoms with van der Waals surface area (Å²) in [6, 6.07) is 0.0962. The van der Waals surface area contributed by atoms with Crippen LogP contribution in [0, 0.1) is 0 Å². The Kier molecular flexibility index (Phi) is 4.92. The van der Waals surface area contributed by atoms with Crippen molar-refractivity contribution in [3.63, 3.8) is 0 Å². The minimum absolute atomic E-state index is 0.0962. The van der Waals surface area contributed by atoms with E-state index in [0.29, 0.717) is 0 Å². The van der Waals surface area contributed by atoms with E-state index in [0.717, 1.165) is 23.5 Å². The highest BCUT2D eigenvalue weighted by molar-refractivity contribution is 7.09. The predicted octanol–water partition coefficient (Wildman–Crippen LogP) is 3.13. The van der Waals surface area contributed by atoms with E-state index in [-0.39, 0.29) is 17.1 Å². The number of hydrogen-bond acceptors (Lipinski definition) is 4. The second-order valence-electron chi connectivity index (χ2n) is 6.51. The average molecular weight is 270 g/mol. The van der Waals surface area contributed by atoms with Crippen LogP contribution in [0.3, 0.4) is 0 Å². The fourth-order valence-corrected chi connectivity index (χ4v) is 2.88. The number of nitrogens with two attached hydrogens (primary N) is 1. The zero-order valence-corrected chi connectivity index (χ0v) is 13.2. The summed E-state index contributed by atoms with van der Waals surface area (Å²) in [6.45, 7) is 10.7. The molecule has 0 bridgehead atoms. The molecule has 0 saturated carbocycles. The molecule has 0 aliphatic rings. The Bertz CT molecular complexity index is 379. The molecule has 2 N–H and O–H groups in total. The number of methoxy groups -OCH3 is 1. The van der Waals surface area contributed by atoms with Crippen LogP contribution in [0.2, 0.25) is 0 Å². The predicted molar refractivity (Wildman–Crippen MR) is 78.2 cm³/mol. The van der Waals surface area contributed by atoms with E-state index in [1.54, 1.807) is 18.4 Å². The van der Waals surface area contributed by atoms with Crippen molar-refractivity contribution >= 4 is 11.3 Å². The second kappa shape index (κ2) is 5.68. The largest absolute Gasteiger partial charge is 0.379 e. The van der Waals surface area contributed by atoms with Crippen molar-refractivity contribution in [2.45, 2.75) is 64.5 Å². The standard InChI is InChI=1S/C14H26N2OS/c1-13(2,3)11-9-18-12(16-11)7-10(15)8-14(4,5)17-6/h9-10H,7-8,15H2,1-6H3. The van der Waals surface area contributed by atoms with Crippen molar-refractivity contribution in [3.8, 4) is 0 Å². The van der Waals surface area contributed by atoms with E-state index in [2.05, 4.69) is 45.0 Å². The Hall–Kier alpha value is -0.450. The molecule has 0 aliphatic heterocycles. The Morgan fingerprint density at radius 3 is 2.39 bits per heavy atom. The number of rotatable bonds is 5. The minimum Gasteiger partial charge on any atom is -0.379 e. The third kappa shape index (κ3) is 4.67. The van der Waals surface area contributed by atoms with E-state index in [1.165, 1.54) is 0 Å². The number of hydrogen-bond donors (Lipinski definition) is 1. The van der Waals surface area contributed by atoms with E-state index in [1.807, 2.05) is 0 Å². The molecule has 0 saturated heterocycles. The zero-order chi connectivity index (χ0) is 14.0. The number of ether oxygens (including phenoxy) is 1. The molecule has 1 heterocycles. The maximum Gasteiger partial charge on any atom is 0.0943 e. The molecule has 1 aromatic rings. The molecule has 0 amide bonds. The van der Waals surface area contributed by atoms with Crippen molar-refractivity contribution < 1.29 is 4.74 Å². The zero-order valence-electron chi connectivity index (χ0n) is 12.4. The number of nitrogens with zero attached hydrogens (tertiary/aromatic N) is 1. The maximum absolute atomic E-state index is 6.17. The lowest BCUT2D eigenvalue weighted by atomic mass is 9.93. The molecule has 1 atom stereocenters. The lowest BCUT2D eigenvalue weighted by Gasteiger charge is -2.26. The van der Waals surface area contributed by atoms with Gasteiger partial charge in [-0.25, -0.2) is 4.98 Å². The van der Waals surface area contributed by atoms with Crippen molar-refractivity contribution in [1.82, 2.24) is 4.98 Å². The summed E-state index contributed by atoms with van der Waals surface area (Å²) in [5.41, 5.74) is 7.28. The van der Waals surface area contributed by atoms with E-state index < -0.39 is 0 Å².